The van der Waals surface area contributed by atoms with E-state index in [0.29, 0.717) is 18.8 Å². The standard InChI is InChI=1S/C20H23N7O3/c28-15(21-17-22-18(25-24-17)26-10-4-1-5-11-26)12-27-16(29)20(23-19(27)30)9-8-13-6-2-3-7-14(13)20/h2-3,6-7H,1,4-5,8-12H2,(H,23,30)(H2,21,22,24,25,28). The summed E-state index contributed by atoms with van der Waals surface area (Å²) in [6.45, 7) is 1.39. The summed E-state index contributed by atoms with van der Waals surface area (Å²) in [6.07, 6.45) is 4.58. The molecule has 5 rings (SSSR count). The van der Waals surface area contributed by atoms with E-state index >= 15 is 0 Å². The first-order valence-electron chi connectivity index (χ1n) is 10.3. The summed E-state index contributed by atoms with van der Waals surface area (Å²) < 4.78 is 0. The van der Waals surface area contributed by atoms with Gasteiger partial charge in [-0.3, -0.25) is 19.8 Å². The van der Waals surface area contributed by atoms with Crippen LogP contribution in [0.2, 0.25) is 0 Å². The lowest BCUT2D eigenvalue weighted by Crippen LogP contribution is -2.43. The summed E-state index contributed by atoms with van der Waals surface area (Å²) in [4.78, 5) is 45.5. The minimum Gasteiger partial charge on any atom is -0.340 e. The van der Waals surface area contributed by atoms with Crippen molar-refractivity contribution in [1.29, 1.82) is 0 Å². The van der Waals surface area contributed by atoms with Gasteiger partial charge in [0.2, 0.25) is 17.8 Å². The second-order valence-corrected chi connectivity index (χ2v) is 7.96. The van der Waals surface area contributed by atoms with Crippen molar-refractivity contribution < 1.29 is 14.4 Å². The molecule has 1 aromatic carbocycles. The number of imide groups is 1. The number of nitrogens with zero attached hydrogens (tertiary/aromatic N) is 4. The Hall–Kier alpha value is -3.43. The number of benzene rings is 1. The number of hydrogen-bond donors (Lipinski definition) is 3. The molecule has 10 nitrogen and oxygen atoms in total. The zero-order valence-electron chi connectivity index (χ0n) is 16.5. The normalized spacial score (nSPS) is 23.1. The number of aromatic nitrogens is 3. The van der Waals surface area contributed by atoms with Gasteiger partial charge in [0, 0.05) is 13.1 Å². The number of rotatable bonds is 4. The maximum absolute atomic E-state index is 13.1. The van der Waals surface area contributed by atoms with Crippen molar-refractivity contribution in [2.75, 3.05) is 29.9 Å². The van der Waals surface area contributed by atoms with Crippen molar-refractivity contribution in [3.63, 3.8) is 0 Å². The summed E-state index contributed by atoms with van der Waals surface area (Å²) in [7, 11) is 0. The van der Waals surface area contributed by atoms with Gasteiger partial charge in [-0.25, -0.2) is 9.89 Å². The van der Waals surface area contributed by atoms with Gasteiger partial charge < -0.3 is 10.2 Å². The van der Waals surface area contributed by atoms with E-state index < -0.39 is 17.5 Å². The molecule has 2 saturated heterocycles. The Morgan fingerprint density at radius 2 is 1.97 bits per heavy atom. The molecule has 1 unspecified atom stereocenters. The third kappa shape index (κ3) is 2.99. The van der Waals surface area contributed by atoms with Crippen LogP contribution in [0.25, 0.3) is 0 Å². The maximum Gasteiger partial charge on any atom is 0.325 e. The number of piperidine rings is 1. The molecule has 1 atom stereocenters. The fraction of sp³-hybridized carbons (Fsp3) is 0.450. The monoisotopic (exact) mass is 409 g/mol. The van der Waals surface area contributed by atoms with E-state index in [-0.39, 0.29) is 18.4 Å². The first-order valence-corrected chi connectivity index (χ1v) is 10.3. The van der Waals surface area contributed by atoms with Crippen molar-refractivity contribution in [3.05, 3.63) is 35.4 Å². The van der Waals surface area contributed by atoms with Crippen LogP contribution in [0.3, 0.4) is 0 Å². The molecule has 30 heavy (non-hydrogen) atoms. The zero-order valence-corrected chi connectivity index (χ0v) is 16.5. The predicted molar refractivity (Wildman–Crippen MR) is 108 cm³/mol. The van der Waals surface area contributed by atoms with Crippen molar-refractivity contribution in [1.82, 2.24) is 25.4 Å². The molecule has 4 amide bonds. The number of aryl methyl sites for hydroxylation is 1. The van der Waals surface area contributed by atoms with E-state index in [1.165, 1.54) is 6.42 Å². The van der Waals surface area contributed by atoms with Crippen LogP contribution in [-0.2, 0) is 21.5 Å². The number of nitrogens with one attached hydrogen (secondary N) is 3. The van der Waals surface area contributed by atoms with Gasteiger partial charge in [0.15, 0.2) is 0 Å². The van der Waals surface area contributed by atoms with Gasteiger partial charge in [-0.05, 0) is 43.2 Å². The summed E-state index contributed by atoms with van der Waals surface area (Å²) in [5.74, 6) is -0.155. The van der Waals surface area contributed by atoms with Crippen LogP contribution in [-0.4, -0.2) is 57.6 Å². The van der Waals surface area contributed by atoms with Gasteiger partial charge in [-0.1, -0.05) is 24.3 Å². The zero-order chi connectivity index (χ0) is 20.7. The number of hydrogen-bond acceptors (Lipinski definition) is 6. The van der Waals surface area contributed by atoms with Gasteiger partial charge in [0.05, 0.1) is 0 Å². The largest absolute Gasteiger partial charge is 0.340 e. The number of fused-ring (bicyclic) bond motifs is 2. The number of anilines is 2. The lowest BCUT2D eigenvalue weighted by molar-refractivity contribution is -0.134. The second kappa shape index (κ2) is 7.12. The van der Waals surface area contributed by atoms with E-state index in [1.54, 1.807) is 0 Å². The van der Waals surface area contributed by atoms with Crippen LogP contribution in [0, 0.1) is 0 Å². The SMILES string of the molecule is O=C(CN1C(=O)NC2(CCc3ccccc32)C1=O)Nc1nc(N2CCCCC2)n[nH]1. The first kappa shape index (κ1) is 18.6. The Labute approximate surface area is 173 Å². The molecule has 0 saturated carbocycles. The highest BCUT2D eigenvalue weighted by Crippen LogP contribution is 2.41. The lowest BCUT2D eigenvalue weighted by Gasteiger charge is -2.24. The minimum atomic E-state index is -1.07. The van der Waals surface area contributed by atoms with Gasteiger partial charge in [0.1, 0.15) is 12.1 Å². The Morgan fingerprint density at radius 1 is 1.17 bits per heavy atom. The van der Waals surface area contributed by atoms with Gasteiger partial charge >= 0.3 is 6.03 Å². The molecule has 1 spiro atoms. The Kier molecular flexibility index (Phi) is 4.41. The van der Waals surface area contributed by atoms with Crippen molar-refractivity contribution in [2.24, 2.45) is 0 Å². The molecule has 2 aliphatic heterocycles. The first-order chi connectivity index (χ1) is 14.6. The lowest BCUT2D eigenvalue weighted by atomic mass is 9.92. The molecule has 0 bridgehead atoms. The highest BCUT2D eigenvalue weighted by atomic mass is 16.2. The summed E-state index contributed by atoms with van der Waals surface area (Å²) in [5, 5.41) is 12.3. The molecule has 3 aliphatic rings. The van der Waals surface area contributed by atoms with E-state index in [2.05, 4.69) is 30.7 Å². The molecule has 156 valence electrons. The van der Waals surface area contributed by atoms with Gasteiger partial charge in [-0.15, -0.1) is 5.10 Å². The van der Waals surface area contributed by atoms with E-state index in [0.717, 1.165) is 42.0 Å². The number of aromatic amines is 1. The Bertz CT molecular complexity index is 1010. The quantitative estimate of drug-likeness (QED) is 0.651. The number of carbonyl (C=O) groups excluding carboxylic acids is 3. The Morgan fingerprint density at radius 3 is 2.80 bits per heavy atom. The highest BCUT2D eigenvalue weighted by Gasteiger charge is 2.55. The second-order valence-electron chi connectivity index (χ2n) is 7.96. The molecule has 2 aromatic rings. The smallest absolute Gasteiger partial charge is 0.325 e. The summed E-state index contributed by atoms with van der Waals surface area (Å²) >= 11 is 0. The molecule has 3 heterocycles. The number of amides is 4. The molecular formula is C20H23N7O3. The van der Waals surface area contributed by atoms with Gasteiger partial charge in [0.25, 0.3) is 5.91 Å². The van der Waals surface area contributed by atoms with Crippen molar-refractivity contribution in [2.45, 2.75) is 37.6 Å². The van der Waals surface area contributed by atoms with Crippen LogP contribution in [0.15, 0.2) is 24.3 Å². The van der Waals surface area contributed by atoms with Crippen LogP contribution in [0.1, 0.15) is 36.8 Å². The predicted octanol–water partition coefficient (Wildman–Crippen LogP) is 1.13. The number of urea groups is 1. The fourth-order valence-corrected chi connectivity index (χ4v) is 4.59. The third-order valence-corrected chi connectivity index (χ3v) is 6.09. The molecule has 1 aromatic heterocycles. The van der Waals surface area contributed by atoms with Crippen LogP contribution in [0.4, 0.5) is 16.7 Å². The van der Waals surface area contributed by atoms with E-state index in [4.69, 9.17) is 0 Å². The fourth-order valence-electron chi connectivity index (χ4n) is 4.59. The van der Waals surface area contributed by atoms with Crippen LogP contribution in [0.5, 0.6) is 0 Å². The van der Waals surface area contributed by atoms with Crippen molar-refractivity contribution >= 4 is 29.7 Å². The molecule has 0 radical (unpaired) electrons. The molecule has 3 N–H and O–H groups in total. The van der Waals surface area contributed by atoms with E-state index in [1.807, 2.05) is 24.3 Å². The summed E-state index contributed by atoms with van der Waals surface area (Å²) in [5.41, 5.74) is 0.791. The van der Waals surface area contributed by atoms with Crippen LogP contribution < -0.4 is 15.5 Å². The maximum atomic E-state index is 13.1. The Balaban J connectivity index is 1.26. The summed E-state index contributed by atoms with van der Waals surface area (Å²) in [6, 6.07) is 7.03. The third-order valence-electron chi connectivity index (χ3n) is 6.09. The molecular weight excluding hydrogens is 386 g/mol. The van der Waals surface area contributed by atoms with Gasteiger partial charge in [-0.2, -0.15) is 4.98 Å². The molecule has 1 aliphatic carbocycles. The average molecular weight is 409 g/mol. The highest BCUT2D eigenvalue weighted by molar-refractivity contribution is 6.10. The minimum absolute atomic E-state index is 0.202. The molecule has 10 heteroatoms. The topological polar surface area (TPSA) is 123 Å². The van der Waals surface area contributed by atoms with Crippen LogP contribution >= 0.6 is 0 Å². The average Bonchev–Trinajstić information content (AvgIpc) is 3.43. The molecule has 2 fully saturated rings. The van der Waals surface area contributed by atoms with E-state index in [9.17, 15) is 14.4 Å². The number of H-pyrrole nitrogens is 1. The number of carbonyl (C=O) groups is 3. The van der Waals surface area contributed by atoms with Crippen molar-refractivity contribution in [3.8, 4) is 0 Å².